The van der Waals surface area contributed by atoms with Gasteiger partial charge in [-0.25, -0.2) is 0 Å². The molecule has 1 heterocycles. The summed E-state index contributed by atoms with van der Waals surface area (Å²) in [7, 11) is 0. The van der Waals surface area contributed by atoms with Gasteiger partial charge in [-0.05, 0) is 0 Å². The topological polar surface area (TPSA) is 6.48 Å². The van der Waals surface area contributed by atoms with Crippen LogP contribution in [0, 0.1) is 24.7 Å². The summed E-state index contributed by atoms with van der Waals surface area (Å²) in [5, 5.41) is 0. The van der Waals surface area contributed by atoms with Crippen LogP contribution in [0.2, 0.25) is 0 Å². The first-order chi connectivity index (χ1) is 6.86. The molecule has 1 rings (SSSR count). The molecule has 0 bridgehead atoms. The van der Waals surface area contributed by atoms with Gasteiger partial charge in [0.1, 0.15) is 0 Å². The van der Waals surface area contributed by atoms with E-state index in [9.17, 15) is 0 Å². The lowest BCUT2D eigenvalue weighted by Gasteiger charge is -2.33. The second-order valence-electron chi connectivity index (χ2n) is 3.59. The average Bonchev–Trinajstić information content (AvgIpc) is 2.25. The number of nitrogens with zero attached hydrogens (tertiary/aromatic N) is 2. The zero-order valence-corrected chi connectivity index (χ0v) is 8.71. The predicted octanol–water partition coefficient (Wildman–Crippen LogP) is 0.651. The van der Waals surface area contributed by atoms with Gasteiger partial charge in [-0.2, -0.15) is 0 Å². The standard InChI is InChI=1S/C12H18N2/c1-3-5-7-13-9-11-14(12-10-13)8-6-4-2/h1-2H,5-12H2. The molecule has 0 N–H and O–H groups in total. The molecule has 0 aromatic carbocycles. The molecule has 0 aliphatic carbocycles. The van der Waals surface area contributed by atoms with Crippen LogP contribution in [0.25, 0.3) is 0 Å². The molecule has 0 atom stereocenters. The van der Waals surface area contributed by atoms with Crippen molar-refractivity contribution in [3.05, 3.63) is 0 Å². The van der Waals surface area contributed by atoms with E-state index >= 15 is 0 Å². The van der Waals surface area contributed by atoms with Crippen LogP contribution in [-0.4, -0.2) is 49.1 Å². The van der Waals surface area contributed by atoms with Gasteiger partial charge in [0.25, 0.3) is 0 Å². The van der Waals surface area contributed by atoms with Crippen molar-refractivity contribution in [1.82, 2.24) is 9.80 Å². The molecular formula is C12H18N2. The Labute approximate surface area is 87.3 Å². The number of hydrogen-bond acceptors (Lipinski definition) is 2. The molecule has 0 unspecified atom stereocenters. The highest BCUT2D eigenvalue weighted by Gasteiger charge is 2.14. The molecule has 0 aromatic rings. The first kappa shape index (κ1) is 11.1. The van der Waals surface area contributed by atoms with Gasteiger partial charge < -0.3 is 0 Å². The van der Waals surface area contributed by atoms with E-state index in [1.807, 2.05) is 0 Å². The maximum absolute atomic E-state index is 5.23. The van der Waals surface area contributed by atoms with Crippen LogP contribution < -0.4 is 0 Å². The fourth-order valence-corrected chi connectivity index (χ4v) is 1.68. The largest absolute Gasteiger partial charge is 0.300 e. The molecule has 0 amide bonds. The molecule has 0 aromatic heterocycles. The molecule has 1 aliphatic rings. The van der Waals surface area contributed by atoms with Gasteiger partial charge in [-0.1, -0.05) is 0 Å². The van der Waals surface area contributed by atoms with E-state index in [2.05, 4.69) is 21.6 Å². The fraction of sp³-hybridized carbons (Fsp3) is 0.667. The van der Waals surface area contributed by atoms with Crippen molar-refractivity contribution < 1.29 is 0 Å². The van der Waals surface area contributed by atoms with Gasteiger partial charge in [-0.3, -0.25) is 9.80 Å². The number of hydrogen-bond donors (Lipinski definition) is 0. The Balaban J connectivity index is 2.12. The Hall–Kier alpha value is -0.960. The van der Waals surface area contributed by atoms with Crippen LogP contribution >= 0.6 is 0 Å². The second-order valence-corrected chi connectivity index (χ2v) is 3.59. The van der Waals surface area contributed by atoms with Gasteiger partial charge in [0, 0.05) is 52.1 Å². The zero-order chi connectivity index (χ0) is 10.2. The zero-order valence-electron chi connectivity index (χ0n) is 8.71. The number of terminal acetylenes is 2. The van der Waals surface area contributed by atoms with Crippen molar-refractivity contribution in [1.29, 1.82) is 0 Å². The summed E-state index contributed by atoms with van der Waals surface area (Å²) in [6, 6.07) is 0. The minimum absolute atomic E-state index is 0.865. The molecule has 2 nitrogen and oxygen atoms in total. The third kappa shape index (κ3) is 3.83. The van der Waals surface area contributed by atoms with Crippen LogP contribution in [0.5, 0.6) is 0 Å². The lowest BCUT2D eigenvalue weighted by atomic mass is 10.2. The Morgan fingerprint density at radius 2 is 1.14 bits per heavy atom. The number of piperazine rings is 1. The third-order valence-electron chi connectivity index (χ3n) is 2.61. The van der Waals surface area contributed by atoms with E-state index in [0.717, 1.165) is 52.1 Å². The van der Waals surface area contributed by atoms with Crippen molar-refractivity contribution in [2.24, 2.45) is 0 Å². The highest BCUT2D eigenvalue weighted by Crippen LogP contribution is 2.02. The maximum atomic E-state index is 5.23. The Morgan fingerprint density at radius 3 is 1.43 bits per heavy atom. The van der Waals surface area contributed by atoms with E-state index in [0.29, 0.717) is 0 Å². The summed E-state index contributed by atoms with van der Waals surface area (Å²) in [5.74, 6) is 5.36. The second kappa shape index (κ2) is 6.49. The van der Waals surface area contributed by atoms with E-state index in [1.165, 1.54) is 0 Å². The summed E-state index contributed by atoms with van der Waals surface area (Å²) < 4.78 is 0. The van der Waals surface area contributed by atoms with Crippen molar-refractivity contribution in [2.75, 3.05) is 39.3 Å². The fourth-order valence-electron chi connectivity index (χ4n) is 1.68. The molecular weight excluding hydrogens is 172 g/mol. The summed E-state index contributed by atoms with van der Waals surface area (Å²) in [6.07, 6.45) is 12.2. The molecule has 0 radical (unpaired) electrons. The summed E-state index contributed by atoms with van der Waals surface area (Å²) >= 11 is 0. The van der Waals surface area contributed by atoms with Crippen molar-refractivity contribution in [3.63, 3.8) is 0 Å². The highest BCUT2D eigenvalue weighted by atomic mass is 15.3. The molecule has 1 aliphatic heterocycles. The Morgan fingerprint density at radius 1 is 0.786 bits per heavy atom. The third-order valence-corrected chi connectivity index (χ3v) is 2.61. The lowest BCUT2D eigenvalue weighted by molar-refractivity contribution is 0.137. The van der Waals surface area contributed by atoms with Gasteiger partial charge in [0.2, 0.25) is 0 Å². The van der Waals surface area contributed by atoms with E-state index in [-0.39, 0.29) is 0 Å². The molecule has 14 heavy (non-hydrogen) atoms. The van der Waals surface area contributed by atoms with E-state index in [1.54, 1.807) is 0 Å². The first-order valence-corrected chi connectivity index (χ1v) is 5.18. The normalized spacial score (nSPS) is 18.7. The average molecular weight is 190 g/mol. The van der Waals surface area contributed by atoms with Crippen molar-refractivity contribution in [3.8, 4) is 24.7 Å². The lowest BCUT2D eigenvalue weighted by Crippen LogP contribution is -2.46. The highest BCUT2D eigenvalue weighted by molar-refractivity contribution is 4.87. The van der Waals surface area contributed by atoms with Gasteiger partial charge in [0.05, 0.1) is 0 Å². The predicted molar refractivity (Wildman–Crippen MR) is 59.8 cm³/mol. The molecule has 76 valence electrons. The van der Waals surface area contributed by atoms with Crippen molar-refractivity contribution >= 4 is 0 Å². The molecule has 0 spiro atoms. The molecule has 1 fully saturated rings. The van der Waals surface area contributed by atoms with E-state index in [4.69, 9.17) is 12.8 Å². The van der Waals surface area contributed by atoms with Crippen molar-refractivity contribution in [2.45, 2.75) is 12.8 Å². The minimum Gasteiger partial charge on any atom is -0.300 e. The van der Waals surface area contributed by atoms with Gasteiger partial charge in [-0.15, -0.1) is 24.7 Å². The monoisotopic (exact) mass is 190 g/mol. The van der Waals surface area contributed by atoms with E-state index < -0.39 is 0 Å². The Bertz CT molecular complexity index is 200. The van der Waals surface area contributed by atoms with Crippen LogP contribution in [0.1, 0.15) is 12.8 Å². The minimum atomic E-state index is 0.865. The molecule has 0 saturated carbocycles. The van der Waals surface area contributed by atoms with Crippen LogP contribution in [0.4, 0.5) is 0 Å². The SMILES string of the molecule is C#CCCN1CCN(CCC#C)CC1. The Kier molecular flexibility index (Phi) is 5.15. The quantitative estimate of drug-likeness (QED) is 0.601. The summed E-state index contributed by atoms with van der Waals surface area (Å²) in [5.41, 5.74) is 0. The molecule has 2 heteroatoms. The first-order valence-electron chi connectivity index (χ1n) is 5.18. The van der Waals surface area contributed by atoms with Crippen LogP contribution in [0.15, 0.2) is 0 Å². The van der Waals surface area contributed by atoms with Gasteiger partial charge >= 0.3 is 0 Å². The summed E-state index contributed by atoms with van der Waals surface area (Å²) in [6.45, 7) is 6.61. The van der Waals surface area contributed by atoms with Crippen LogP contribution in [0.3, 0.4) is 0 Å². The van der Waals surface area contributed by atoms with Gasteiger partial charge in [0.15, 0.2) is 0 Å². The maximum Gasteiger partial charge on any atom is 0.0214 e. The molecule has 1 saturated heterocycles. The summed E-state index contributed by atoms with van der Waals surface area (Å²) in [4.78, 5) is 4.85. The van der Waals surface area contributed by atoms with Crippen LogP contribution in [-0.2, 0) is 0 Å². The smallest absolute Gasteiger partial charge is 0.0214 e. The number of rotatable bonds is 4.